The number of unbranched alkanes of at least 4 members (excludes halogenated alkanes) is 19. The van der Waals surface area contributed by atoms with Crippen molar-refractivity contribution in [3.63, 3.8) is 0 Å². The molecule has 1 atom stereocenters. The first-order valence-corrected chi connectivity index (χ1v) is 20.2. The quantitative estimate of drug-likeness (QED) is 0.0420. The summed E-state index contributed by atoms with van der Waals surface area (Å²) < 4.78 is 5.96. The second-order valence-electron chi connectivity index (χ2n) is 13.4. The number of nitrogens with one attached hydrogen (secondary N) is 1. The molecule has 0 aromatic heterocycles. The smallest absolute Gasteiger partial charge is 0.306 e. The van der Waals surface area contributed by atoms with E-state index in [1.165, 1.54) is 148 Å². The van der Waals surface area contributed by atoms with Crippen molar-refractivity contribution < 1.29 is 9.53 Å². The van der Waals surface area contributed by atoms with Crippen molar-refractivity contribution in [3.8, 4) is 0 Å². The topological polar surface area (TPSA) is 38.3 Å². The Morgan fingerprint density at radius 3 is 1.26 bits per heavy atom. The van der Waals surface area contributed by atoms with Gasteiger partial charge in [-0.1, -0.05) is 146 Å². The number of carbonyl (C=O) groups is 1. The van der Waals surface area contributed by atoms with E-state index in [0.29, 0.717) is 6.42 Å². The zero-order valence-electron chi connectivity index (χ0n) is 31.2. The molecule has 0 radical (unpaired) electrons. The number of ether oxygens (including phenoxy) is 1. The van der Waals surface area contributed by atoms with Gasteiger partial charge in [-0.15, -0.1) is 0 Å². The van der Waals surface area contributed by atoms with Crippen molar-refractivity contribution in [2.24, 2.45) is 0 Å². The highest BCUT2D eigenvalue weighted by Crippen LogP contribution is 2.18. The van der Waals surface area contributed by atoms with Gasteiger partial charge in [-0.25, -0.2) is 0 Å². The van der Waals surface area contributed by atoms with Gasteiger partial charge in [-0.2, -0.15) is 0 Å². The van der Waals surface area contributed by atoms with Crippen molar-refractivity contribution in [3.05, 3.63) is 48.6 Å². The molecule has 0 bridgehead atoms. The van der Waals surface area contributed by atoms with Gasteiger partial charge < -0.3 is 10.1 Å². The summed E-state index contributed by atoms with van der Waals surface area (Å²) in [5.74, 6) is -0.00247. The molecule has 0 saturated carbocycles. The van der Waals surface area contributed by atoms with Crippen LogP contribution in [0.4, 0.5) is 0 Å². The molecule has 3 nitrogen and oxygen atoms in total. The summed E-state index contributed by atoms with van der Waals surface area (Å²) in [5, 5.41) is 3.13. The maximum absolute atomic E-state index is 12.4. The lowest BCUT2D eigenvalue weighted by molar-refractivity contribution is -0.150. The lowest BCUT2D eigenvalue weighted by Gasteiger charge is -2.18. The molecular weight excluding hydrogens is 562 g/mol. The van der Waals surface area contributed by atoms with Gasteiger partial charge in [-0.3, -0.25) is 4.79 Å². The van der Waals surface area contributed by atoms with Gasteiger partial charge in [0.25, 0.3) is 0 Å². The van der Waals surface area contributed by atoms with E-state index in [2.05, 4.69) is 67.8 Å². The largest absolute Gasteiger partial charge is 0.462 e. The predicted octanol–water partition coefficient (Wildman–Crippen LogP) is 13.7. The molecule has 0 rings (SSSR count). The van der Waals surface area contributed by atoms with E-state index < -0.39 is 0 Å². The first-order valence-electron chi connectivity index (χ1n) is 20.2. The summed E-state index contributed by atoms with van der Waals surface area (Å²) in [6.07, 6.45) is 54.2. The van der Waals surface area contributed by atoms with Gasteiger partial charge in [-0.05, 0) is 110 Å². The first kappa shape index (κ1) is 44.4. The molecular formula is C43H79NO2. The molecule has 0 spiro atoms. The normalized spacial score (nSPS) is 12.8. The zero-order chi connectivity index (χ0) is 33.4. The van der Waals surface area contributed by atoms with Crippen LogP contribution in [0, 0.1) is 0 Å². The van der Waals surface area contributed by atoms with Crippen LogP contribution in [-0.4, -0.2) is 25.7 Å². The van der Waals surface area contributed by atoms with Crippen LogP contribution in [0.1, 0.15) is 200 Å². The van der Waals surface area contributed by atoms with E-state index in [-0.39, 0.29) is 12.1 Å². The molecule has 0 saturated heterocycles. The number of hydrogen-bond acceptors (Lipinski definition) is 3. The van der Waals surface area contributed by atoms with Crippen molar-refractivity contribution in [2.75, 3.05) is 13.6 Å². The van der Waals surface area contributed by atoms with Crippen molar-refractivity contribution in [2.45, 2.75) is 206 Å². The lowest BCUT2D eigenvalue weighted by atomic mass is 10.0. The summed E-state index contributed by atoms with van der Waals surface area (Å²) in [6.45, 7) is 5.40. The van der Waals surface area contributed by atoms with E-state index in [9.17, 15) is 4.79 Å². The van der Waals surface area contributed by atoms with Crippen LogP contribution < -0.4 is 5.32 Å². The maximum Gasteiger partial charge on any atom is 0.306 e. The van der Waals surface area contributed by atoms with Gasteiger partial charge in [0.15, 0.2) is 0 Å². The van der Waals surface area contributed by atoms with E-state index >= 15 is 0 Å². The Morgan fingerprint density at radius 2 is 0.870 bits per heavy atom. The molecule has 0 aliphatic heterocycles. The van der Waals surface area contributed by atoms with E-state index in [1.54, 1.807) is 0 Å². The third kappa shape index (κ3) is 36.9. The standard InChI is InChI=1S/C43H79NO2/c1-4-6-8-10-12-14-16-18-20-22-24-26-28-30-32-34-36-39-42(46-43(45)40-37-41-44-3)38-35-33-31-29-27-25-23-21-19-17-15-13-11-9-7-5-2/h12-15,18-21,42,44H,4-11,16-17,22-41H2,1-3H3/b14-12-,15-13-,20-18-,21-19-. The Hall–Kier alpha value is -1.61. The van der Waals surface area contributed by atoms with Crippen LogP contribution in [0.25, 0.3) is 0 Å². The Morgan fingerprint density at radius 1 is 0.500 bits per heavy atom. The highest BCUT2D eigenvalue weighted by atomic mass is 16.5. The second-order valence-corrected chi connectivity index (χ2v) is 13.4. The summed E-state index contributed by atoms with van der Waals surface area (Å²) in [7, 11) is 1.94. The molecule has 1 unspecified atom stereocenters. The fourth-order valence-corrected chi connectivity index (χ4v) is 5.81. The Kier molecular flexibility index (Phi) is 38.2. The summed E-state index contributed by atoms with van der Waals surface area (Å²) in [6, 6.07) is 0. The Bertz CT molecular complexity index is 722. The Labute approximate surface area is 288 Å². The molecule has 46 heavy (non-hydrogen) atoms. The summed E-state index contributed by atoms with van der Waals surface area (Å²) >= 11 is 0. The highest BCUT2D eigenvalue weighted by molar-refractivity contribution is 5.69. The monoisotopic (exact) mass is 642 g/mol. The third-order valence-corrected chi connectivity index (χ3v) is 8.81. The summed E-state index contributed by atoms with van der Waals surface area (Å²) in [5.41, 5.74) is 0. The van der Waals surface area contributed by atoms with Crippen LogP contribution in [0.5, 0.6) is 0 Å². The molecule has 0 aromatic rings. The molecule has 0 aliphatic rings. The van der Waals surface area contributed by atoms with E-state index in [4.69, 9.17) is 4.74 Å². The van der Waals surface area contributed by atoms with Gasteiger partial charge in [0.1, 0.15) is 6.10 Å². The van der Waals surface area contributed by atoms with Crippen molar-refractivity contribution >= 4 is 5.97 Å². The summed E-state index contributed by atoms with van der Waals surface area (Å²) in [4.78, 5) is 12.4. The minimum Gasteiger partial charge on any atom is -0.462 e. The van der Waals surface area contributed by atoms with Gasteiger partial charge in [0, 0.05) is 6.42 Å². The fraction of sp³-hybridized carbons (Fsp3) is 0.791. The predicted molar refractivity (Wildman–Crippen MR) is 206 cm³/mol. The average Bonchev–Trinajstić information content (AvgIpc) is 3.05. The maximum atomic E-state index is 12.4. The van der Waals surface area contributed by atoms with Gasteiger partial charge in [0.2, 0.25) is 0 Å². The third-order valence-electron chi connectivity index (χ3n) is 8.81. The number of rotatable bonds is 36. The van der Waals surface area contributed by atoms with E-state index in [1.807, 2.05) is 7.05 Å². The highest BCUT2D eigenvalue weighted by Gasteiger charge is 2.14. The average molecular weight is 642 g/mol. The van der Waals surface area contributed by atoms with Crippen LogP contribution >= 0.6 is 0 Å². The van der Waals surface area contributed by atoms with E-state index in [0.717, 1.165) is 38.6 Å². The SMILES string of the molecule is CCCCC/C=C\C/C=C\CCCCCCCCCC(CCCCCCCC/C=C\C/C=C\CCCCC)OC(=O)CCCNC. The molecule has 268 valence electrons. The molecule has 3 heteroatoms. The second kappa shape index (κ2) is 39.6. The van der Waals surface area contributed by atoms with Crippen LogP contribution in [0.3, 0.4) is 0 Å². The van der Waals surface area contributed by atoms with Crippen molar-refractivity contribution in [1.82, 2.24) is 5.32 Å². The molecule has 0 aliphatic carbocycles. The van der Waals surface area contributed by atoms with Crippen molar-refractivity contribution in [1.29, 1.82) is 0 Å². The lowest BCUT2D eigenvalue weighted by Crippen LogP contribution is -2.19. The number of esters is 1. The van der Waals surface area contributed by atoms with Gasteiger partial charge >= 0.3 is 5.97 Å². The Balaban J connectivity index is 3.93. The minimum atomic E-state index is -0.00247. The molecule has 0 aromatic carbocycles. The zero-order valence-corrected chi connectivity index (χ0v) is 31.2. The number of allylic oxidation sites excluding steroid dienone is 8. The van der Waals surface area contributed by atoms with Crippen LogP contribution in [-0.2, 0) is 9.53 Å². The molecule has 1 N–H and O–H groups in total. The fourth-order valence-electron chi connectivity index (χ4n) is 5.81. The molecule has 0 fully saturated rings. The van der Waals surface area contributed by atoms with Gasteiger partial charge in [0.05, 0.1) is 0 Å². The van der Waals surface area contributed by atoms with Crippen LogP contribution in [0.2, 0.25) is 0 Å². The number of carbonyl (C=O) groups excluding carboxylic acids is 1. The molecule has 0 amide bonds. The first-order chi connectivity index (χ1) is 22.7. The van der Waals surface area contributed by atoms with Crippen LogP contribution in [0.15, 0.2) is 48.6 Å². The minimum absolute atomic E-state index is 0.00247. The number of hydrogen-bond donors (Lipinski definition) is 1. The molecule has 0 heterocycles.